The number of carbonyl (C=O) groups is 1. The van der Waals surface area contributed by atoms with Crippen LogP contribution in [-0.2, 0) is 0 Å². The van der Waals surface area contributed by atoms with Crippen LogP contribution in [0.15, 0.2) is 78.9 Å². The predicted molar refractivity (Wildman–Crippen MR) is 130 cm³/mol. The Balaban J connectivity index is 1.43. The van der Waals surface area contributed by atoms with Crippen molar-refractivity contribution in [2.45, 2.75) is 20.8 Å². The number of hydrogen-bond acceptors (Lipinski definition) is 5. The molecule has 0 bridgehead atoms. The van der Waals surface area contributed by atoms with Crippen LogP contribution in [0.5, 0.6) is 0 Å². The molecule has 0 atom stereocenters. The lowest BCUT2D eigenvalue weighted by molar-refractivity contribution is 0.102. The van der Waals surface area contributed by atoms with E-state index < -0.39 is 0 Å². The molecule has 6 heteroatoms. The van der Waals surface area contributed by atoms with E-state index in [2.05, 4.69) is 45.0 Å². The van der Waals surface area contributed by atoms with Crippen molar-refractivity contribution in [3.63, 3.8) is 0 Å². The van der Waals surface area contributed by atoms with Crippen molar-refractivity contribution in [1.82, 2.24) is 9.97 Å². The maximum Gasteiger partial charge on any atom is 0.255 e. The minimum Gasteiger partial charge on any atom is -0.340 e. The molecule has 0 aliphatic carbocycles. The zero-order valence-electron chi connectivity index (χ0n) is 18.3. The summed E-state index contributed by atoms with van der Waals surface area (Å²) in [4.78, 5) is 21.5. The minimum atomic E-state index is -0.136. The Bertz CT molecular complexity index is 1230. The van der Waals surface area contributed by atoms with Crippen LogP contribution in [0.4, 0.5) is 28.8 Å². The van der Waals surface area contributed by atoms with Crippen LogP contribution in [0.3, 0.4) is 0 Å². The lowest BCUT2D eigenvalue weighted by atomic mass is 10.1. The van der Waals surface area contributed by atoms with Gasteiger partial charge in [0.25, 0.3) is 5.91 Å². The van der Waals surface area contributed by atoms with E-state index in [4.69, 9.17) is 0 Å². The van der Waals surface area contributed by atoms with Crippen LogP contribution in [0.1, 0.15) is 27.2 Å². The highest BCUT2D eigenvalue weighted by molar-refractivity contribution is 6.04. The van der Waals surface area contributed by atoms with E-state index >= 15 is 0 Å². The number of amides is 1. The first-order valence-electron chi connectivity index (χ1n) is 10.4. The van der Waals surface area contributed by atoms with Crippen LogP contribution < -0.4 is 16.0 Å². The quantitative estimate of drug-likeness (QED) is 0.347. The molecule has 0 aliphatic rings. The molecule has 1 aromatic heterocycles. The van der Waals surface area contributed by atoms with Gasteiger partial charge in [0.1, 0.15) is 5.82 Å². The smallest absolute Gasteiger partial charge is 0.255 e. The second kappa shape index (κ2) is 9.31. The molecule has 0 unspecified atom stereocenters. The number of nitrogens with zero attached hydrogens (tertiary/aromatic N) is 2. The molecule has 3 aromatic carbocycles. The first kappa shape index (κ1) is 21.1. The van der Waals surface area contributed by atoms with Crippen molar-refractivity contribution in [2.75, 3.05) is 16.0 Å². The van der Waals surface area contributed by atoms with Gasteiger partial charge in [0.15, 0.2) is 0 Å². The molecule has 160 valence electrons. The second-order valence-corrected chi connectivity index (χ2v) is 7.74. The monoisotopic (exact) mass is 423 g/mol. The Morgan fingerprint density at radius 1 is 0.688 bits per heavy atom. The van der Waals surface area contributed by atoms with Gasteiger partial charge >= 0.3 is 0 Å². The maximum atomic E-state index is 12.4. The number of anilines is 5. The molecule has 1 amide bonds. The lowest BCUT2D eigenvalue weighted by Crippen LogP contribution is -2.11. The second-order valence-electron chi connectivity index (χ2n) is 7.74. The van der Waals surface area contributed by atoms with E-state index in [0.29, 0.717) is 23.0 Å². The molecule has 1 heterocycles. The van der Waals surface area contributed by atoms with Crippen molar-refractivity contribution >= 4 is 34.7 Å². The van der Waals surface area contributed by atoms with Gasteiger partial charge in [0, 0.05) is 34.4 Å². The lowest BCUT2D eigenvalue weighted by Gasteiger charge is -2.11. The molecule has 32 heavy (non-hydrogen) atoms. The first-order chi connectivity index (χ1) is 15.4. The van der Waals surface area contributed by atoms with Gasteiger partial charge in [-0.3, -0.25) is 4.79 Å². The topological polar surface area (TPSA) is 78.9 Å². The summed E-state index contributed by atoms with van der Waals surface area (Å²) in [5, 5.41) is 9.45. The predicted octanol–water partition coefficient (Wildman–Crippen LogP) is 6.14. The van der Waals surface area contributed by atoms with Gasteiger partial charge in [0.05, 0.1) is 0 Å². The molecule has 4 rings (SSSR count). The largest absolute Gasteiger partial charge is 0.340 e. The number of aromatic nitrogens is 2. The van der Waals surface area contributed by atoms with E-state index in [-0.39, 0.29) is 5.91 Å². The van der Waals surface area contributed by atoms with Crippen LogP contribution in [-0.4, -0.2) is 15.9 Å². The molecule has 0 saturated carbocycles. The Morgan fingerprint density at radius 3 is 2.06 bits per heavy atom. The summed E-state index contributed by atoms with van der Waals surface area (Å²) in [5.74, 6) is 1.07. The number of rotatable bonds is 6. The van der Waals surface area contributed by atoms with Gasteiger partial charge in [-0.25, -0.2) is 4.98 Å². The molecule has 0 saturated heterocycles. The van der Waals surface area contributed by atoms with Crippen molar-refractivity contribution < 1.29 is 4.79 Å². The third-order valence-corrected chi connectivity index (χ3v) is 4.86. The molecule has 0 aliphatic heterocycles. The zero-order chi connectivity index (χ0) is 22.5. The molecule has 4 aromatic rings. The van der Waals surface area contributed by atoms with Crippen LogP contribution in [0.2, 0.25) is 0 Å². The van der Waals surface area contributed by atoms with Crippen molar-refractivity contribution in [3.8, 4) is 0 Å². The number of hydrogen-bond donors (Lipinski definition) is 3. The fourth-order valence-electron chi connectivity index (χ4n) is 3.23. The molecular formula is C26H25N5O. The van der Waals surface area contributed by atoms with Gasteiger partial charge in [0.2, 0.25) is 5.95 Å². The average Bonchev–Trinajstić information content (AvgIpc) is 2.76. The average molecular weight is 424 g/mol. The van der Waals surface area contributed by atoms with Crippen molar-refractivity contribution in [1.29, 1.82) is 0 Å². The van der Waals surface area contributed by atoms with E-state index in [0.717, 1.165) is 22.6 Å². The summed E-state index contributed by atoms with van der Waals surface area (Å²) in [6, 6.07) is 25.0. The molecule has 3 N–H and O–H groups in total. The highest BCUT2D eigenvalue weighted by Crippen LogP contribution is 2.21. The maximum absolute atomic E-state index is 12.4. The third kappa shape index (κ3) is 5.49. The number of benzene rings is 3. The summed E-state index contributed by atoms with van der Waals surface area (Å²) in [6.07, 6.45) is 0. The Labute approximate surface area is 187 Å². The Hall–Kier alpha value is -4.19. The van der Waals surface area contributed by atoms with E-state index in [9.17, 15) is 4.79 Å². The van der Waals surface area contributed by atoms with Gasteiger partial charge in [-0.1, -0.05) is 35.4 Å². The summed E-state index contributed by atoms with van der Waals surface area (Å²) in [6.45, 7) is 5.95. The van der Waals surface area contributed by atoms with Crippen LogP contribution >= 0.6 is 0 Å². The zero-order valence-corrected chi connectivity index (χ0v) is 18.3. The Morgan fingerprint density at radius 2 is 1.34 bits per heavy atom. The Kier molecular flexibility index (Phi) is 6.12. The molecule has 0 radical (unpaired) electrons. The third-order valence-electron chi connectivity index (χ3n) is 4.86. The van der Waals surface area contributed by atoms with Crippen LogP contribution in [0.25, 0.3) is 0 Å². The molecule has 0 fully saturated rings. The van der Waals surface area contributed by atoms with Crippen molar-refractivity contribution in [2.24, 2.45) is 0 Å². The fourth-order valence-corrected chi connectivity index (χ4v) is 3.23. The number of aryl methyl sites for hydroxylation is 3. The van der Waals surface area contributed by atoms with Crippen molar-refractivity contribution in [3.05, 3.63) is 101 Å². The van der Waals surface area contributed by atoms with E-state index in [1.54, 1.807) is 6.07 Å². The SMILES string of the molecule is Cc1ccc(Nc2cc(C)nc(Nc3ccc(NC(=O)c4cccc(C)c4)cc3)n2)cc1. The summed E-state index contributed by atoms with van der Waals surface area (Å²) in [7, 11) is 0. The molecule has 0 spiro atoms. The summed E-state index contributed by atoms with van der Waals surface area (Å²) < 4.78 is 0. The highest BCUT2D eigenvalue weighted by Gasteiger charge is 2.07. The van der Waals surface area contributed by atoms with Gasteiger partial charge in [-0.15, -0.1) is 0 Å². The minimum absolute atomic E-state index is 0.136. The van der Waals surface area contributed by atoms with E-state index in [1.165, 1.54) is 5.56 Å². The normalized spacial score (nSPS) is 10.5. The molecule has 6 nitrogen and oxygen atoms in total. The first-order valence-corrected chi connectivity index (χ1v) is 10.4. The summed E-state index contributed by atoms with van der Waals surface area (Å²) in [5.41, 5.74) is 6.24. The fraction of sp³-hybridized carbons (Fsp3) is 0.115. The summed E-state index contributed by atoms with van der Waals surface area (Å²) >= 11 is 0. The standard InChI is InChI=1S/C26H25N5O/c1-17-7-9-21(10-8-17)28-24-16-19(3)27-26(31-24)30-23-13-11-22(12-14-23)29-25(32)20-6-4-5-18(2)15-20/h4-16H,1-3H3,(H,29,32)(H2,27,28,30,31). The number of carbonyl (C=O) groups excluding carboxylic acids is 1. The van der Waals surface area contributed by atoms with Gasteiger partial charge in [-0.05, 0) is 69.3 Å². The number of nitrogens with one attached hydrogen (secondary N) is 3. The van der Waals surface area contributed by atoms with Crippen LogP contribution in [0, 0.1) is 20.8 Å². The molecular weight excluding hydrogens is 398 g/mol. The van der Waals surface area contributed by atoms with E-state index in [1.807, 2.05) is 74.5 Å². The van der Waals surface area contributed by atoms with Gasteiger partial charge in [-0.2, -0.15) is 4.98 Å². The highest BCUT2D eigenvalue weighted by atomic mass is 16.1. The van der Waals surface area contributed by atoms with Gasteiger partial charge < -0.3 is 16.0 Å².